The van der Waals surface area contributed by atoms with Crippen molar-refractivity contribution in [3.05, 3.63) is 29.3 Å². The summed E-state index contributed by atoms with van der Waals surface area (Å²) in [6.45, 7) is 2.50. The number of aliphatic hydroxyl groups is 1. The minimum atomic E-state index is -0.220. The number of carbonyl (C=O) groups excluding carboxylic acids is 1. The lowest BCUT2D eigenvalue weighted by Crippen LogP contribution is -2.55. The molecule has 3 rings (SSSR count). The zero-order chi connectivity index (χ0) is 19.8. The van der Waals surface area contributed by atoms with E-state index in [4.69, 9.17) is 16.3 Å². The van der Waals surface area contributed by atoms with Crippen LogP contribution in [0, 0.1) is 0 Å². The second-order valence-corrected chi connectivity index (χ2v) is 8.36. The maximum atomic E-state index is 12.2. The average Bonchev–Trinajstić information content (AvgIpc) is 2.92. The average molecular weight is 410 g/mol. The molecule has 1 aromatic rings. The molecule has 1 atom stereocenters. The SMILES string of the molecule is O=C(NC1CCCCCC1)N[C@H](CO)CCN1CC(Oc2ccc(Cl)cc2)C1. The molecule has 7 heteroatoms. The first-order chi connectivity index (χ1) is 13.6. The van der Waals surface area contributed by atoms with E-state index >= 15 is 0 Å². The molecule has 2 amide bonds. The van der Waals surface area contributed by atoms with Crippen LogP contribution in [-0.2, 0) is 0 Å². The fraction of sp³-hybridized carbons (Fsp3) is 0.667. The number of rotatable bonds is 8. The highest BCUT2D eigenvalue weighted by molar-refractivity contribution is 6.30. The van der Waals surface area contributed by atoms with Crippen molar-refractivity contribution in [2.45, 2.75) is 63.1 Å². The third kappa shape index (κ3) is 6.83. The summed E-state index contributed by atoms with van der Waals surface area (Å²) in [5.74, 6) is 0.833. The van der Waals surface area contributed by atoms with Crippen LogP contribution in [0.4, 0.5) is 4.79 Å². The standard InChI is InChI=1S/C21H32ClN3O3/c22-16-7-9-19(10-8-16)28-20-13-25(14-20)12-11-18(15-26)24-21(27)23-17-5-3-1-2-4-6-17/h7-10,17-18,20,26H,1-6,11-15H2,(H2,23,24,27)/t18-/m0/s1. The van der Waals surface area contributed by atoms with Crippen molar-refractivity contribution in [1.29, 1.82) is 0 Å². The first-order valence-electron chi connectivity index (χ1n) is 10.4. The number of carbonyl (C=O) groups is 1. The molecule has 0 bridgehead atoms. The van der Waals surface area contributed by atoms with E-state index in [1.54, 1.807) is 0 Å². The van der Waals surface area contributed by atoms with Crippen LogP contribution in [0.25, 0.3) is 0 Å². The Morgan fingerprint density at radius 3 is 2.50 bits per heavy atom. The number of amides is 2. The Balaban J connectivity index is 1.31. The normalized spacial score (nSPS) is 20.1. The minimum absolute atomic E-state index is 0.0450. The van der Waals surface area contributed by atoms with Gasteiger partial charge in [-0.2, -0.15) is 0 Å². The van der Waals surface area contributed by atoms with Crippen LogP contribution < -0.4 is 15.4 Å². The van der Waals surface area contributed by atoms with Crippen LogP contribution in [0.3, 0.4) is 0 Å². The highest BCUT2D eigenvalue weighted by Gasteiger charge is 2.28. The van der Waals surface area contributed by atoms with Gasteiger partial charge in [-0.05, 0) is 43.5 Å². The number of nitrogens with one attached hydrogen (secondary N) is 2. The maximum Gasteiger partial charge on any atom is 0.315 e. The van der Waals surface area contributed by atoms with Gasteiger partial charge in [-0.1, -0.05) is 37.3 Å². The van der Waals surface area contributed by atoms with E-state index in [9.17, 15) is 9.90 Å². The molecule has 3 N–H and O–H groups in total. The van der Waals surface area contributed by atoms with Crippen molar-refractivity contribution in [2.75, 3.05) is 26.2 Å². The highest BCUT2D eigenvalue weighted by atomic mass is 35.5. The predicted octanol–water partition coefficient (Wildman–Crippen LogP) is 3.18. The zero-order valence-electron chi connectivity index (χ0n) is 16.4. The fourth-order valence-corrected chi connectivity index (χ4v) is 3.99. The molecule has 0 spiro atoms. The van der Waals surface area contributed by atoms with Gasteiger partial charge in [0.25, 0.3) is 0 Å². The van der Waals surface area contributed by atoms with Crippen LogP contribution in [0.5, 0.6) is 5.75 Å². The number of benzene rings is 1. The van der Waals surface area contributed by atoms with Crippen molar-refractivity contribution in [2.24, 2.45) is 0 Å². The molecule has 156 valence electrons. The molecule has 0 unspecified atom stereocenters. The van der Waals surface area contributed by atoms with Crippen molar-refractivity contribution in [3.63, 3.8) is 0 Å². The van der Waals surface area contributed by atoms with Crippen LogP contribution in [0.1, 0.15) is 44.9 Å². The third-order valence-electron chi connectivity index (χ3n) is 5.58. The number of urea groups is 1. The number of halogens is 1. The van der Waals surface area contributed by atoms with Gasteiger partial charge in [-0.3, -0.25) is 4.90 Å². The second kappa shape index (κ2) is 10.9. The summed E-state index contributed by atoms with van der Waals surface area (Å²) in [6.07, 6.45) is 7.91. The summed E-state index contributed by atoms with van der Waals surface area (Å²) in [6, 6.07) is 7.30. The smallest absolute Gasteiger partial charge is 0.315 e. The van der Waals surface area contributed by atoms with Gasteiger partial charge in [0.05, 0.1) is 12.6 Å². The van der Waals surface area contributed by atoms with Gasteiger partial charge < -0.3 is 20.5 Å². The molecule has 1 aromatic carbocycles. The number of ether oxygens (including phenoxy) is 1. The summed E-state index contributed by atoms with van der Waals surface area (Å²) in [5.41, 5.74) is 0. The number of hydrogen-bond donors (Lipinski definition) is 3. The van der Waals surface area contributed by atoms with Crippen molar-refractivity contribution in [1.82, 2.24) is 15.5 Å². The summed E-state index contributed by atoms with van der Waals surface area (Å²) in [4.78, 5) is 14.5. The molecular formula is C21H32ClN3O3. The molecule has 1 heterocycles. The van der Waals surface area contributed by atoms with E-state index in [2.05, 4.69) is 15.5 Å². The van der Waals surface area contributed by atoms with Crippen LogP contribution in [0.2, 0.25) is 5.02 Å². The largest absolute Gasteiger partial charge is 0.488 e. The van der Waals surface area contributed by atoms with Gasteiger partial charge in [0.1, 0.15) is 11.9 Å². The van der Waals surface area contributed by atoms with Crippen LogP contribution in [0.15, 0.2) is 24.3 Å². The van der Waals surface area contributed by atoms with Crippen molar-refractivity contribution >= 4 is 17.6 Å². The molecule has 2 fully saturated rings. The molecule has 28 heavy (non-hydrogen) atoms. The molecule has 2 aliphatic rings. The molecule has 1 aliphatic carbocycles. The van der Waals surface area contributed by atoms with E-state index in [0.29, 0.717) is 5.02 Å². The molecule has 1 aliphatic heterocycles. The van der Waals surface area contributed by atoms with E-state index in [-0.39, 0.29) is 30.8 Å². The summed E-state index contributed by atoms with van der Waals surface area (Å²) >= 11 is 5.88. The predicted molar refractivity (Wildman–Crippen MR) is 111 cm³/mol. The Kier molecular flexibility index (Phi) is 8.25. The topological polar surface area (TPSA) is 73.8 Å². The second-order valence-electron chi connectivity index (χ2n) is 7.93. The van der Waals surface area contributed by atoms with Gasteiger partial charge >= 0.3 is 6.03 Å². The Morgan fingerprint density at radius 1 is 1.18 bits per heavy atom. The minimum Gasteiger partial charge on any atom is -0.488 e. The summed E-state index contributed by atoms with van der Waals surface area (Å²) in [7, 11) is 0. The first-order valence-corrected chi connectivity index (χ1v) is 10.8. The Bertz CT molecular complexity index is 599. The fourth-order valence-electron chi connectivity index (χ4n) is 3.87. The van der Waals surface area contributed by atoms with Crippen molar-refractivity contribution in [3.8, 4) is 5.75 Å². The monoisotopic (exact) mass is 409 g/mol. The van der Waals surface area contributed by atoms with E-state index in [1.165, 1.54) is 25.7 Å². The zero-order valence-corrected chi connectivity index (χ0v) is 17.2. The number of aliphatic hydroxyl groups excluding tert-OH is 1. The lowest BCUT2D eigenvalue weighted by Gasteiger charge is -2.39. The number of nitrogens with zero attached hydrogens (tertiary/aromatic N) is 1. The van der Waals surface area contributed by atoms with E-state index in [0.717, 1.165) is 44.6 Å². The Morgan fingerprint density at radius 2 is 1.86 bits per heavy atom. The highest BCUT2D eigenvalue weighted by Crippen LogP contribution is 2.21. The number of hydrogen-bond acceptors (Lipinski definition) is 4. The maximum absolute atomic E-state index is 12.2. The Hall–Kier alpha value is -1.50. The third-order valence-corrected chi connectivity index (χ3v) is 5.83. The number of likely N-dealkylation sites (tertiary alicyclic amines) is 1. The van der Waals surface area contributed by atoms with Gasteiger partial charge in [0, 0.05) is 30.7 Å². The quantitative estimate of drug-likeness (QED) is 0.576. The van der Waals surface area contributed by atoms with Gasteiger partial charge in [0.2, 0.25) is 0 Å². The summed E-state index contributed by atoms with van der Waals surface area (Å²) < 4.78 is 5.90. The van der Waals surface area contributed by atoms with Gasteiger partial charge in [-0.25, -0.2) is 4.79 Å². The van der Waals surface area contributed by atoms with Gasteiger partial charge in [0.15, 0.2) is 0 Å². The lowest BCUT2D eigenvalue weighted by molar-refractivity contribution is 0.0168. The lowest BCUT2D eigenvalue weighted by atomic mass is 10.1. The van der Waals surface area contributed by atoms with Crippen LogP contribution in [-0.4, -0.2) is 60.5 Å². The summed E-state index contributed by atoms with van der Waals surface area (Å²) in [5, 5.41) is 16.3. The molecular weight excluding hydrogens is 378 g/mol. The molecule has 0 radical (unpaired) electrons. The van der Waals surface area contributed by atoms with Crippen molar-refractivity contribution < 1.29 is 14.6 Å². The molecule has 1 saturated carbocycles. The first kappa shape index (κ1) is 21.2. The molecule has 1 saturated heterocycles. The Labute approximate surface area is 172 Å². The van der Waals surface area contributed by atoms with E-state index < -0.39 is 0 Å². The van der Waals surface area contributed by atoms with Crippen LogP contribution >= 0.6 is 11.6 Å². The molecule has 6 nitrogen and oxygen atoms in total. The van der Waals surface area contributed by atoms with E-state index in [1.807, 2.05) is 24.3 Å². The molecule has 0 aromatic heterocycles. The van der Waals surface area contributed by atoms with Gasteiger partial charge in [-0.15, -0.1) is 0 Å².